The molecule has 0 aromatic heterocycles. The molecule has 1 aliphatic carbocycles. The summed E-state index contributed by atoms with van der Waals surface area (Å²) >= 11 is 0. The molecular formula is C29H33FN4O2. The van der Waals surface area contributed by atoms with Gasteiger partial charge in [-0.1, -0.05) is 18.2 Å². The summed E-state index contributed by atoms with van der Waals surface area (Å²) in [5, 5.41) is 13.1. The number of Topliss-reactive ketones (excluding diaryl/α,β-unsaturated/α-hetero) is 1. The van der Waals surface area contributed by atoms with Crippen LogP contribution in [0.15, 0.2) is 36.4 Å². The minimum atomic E-state index is -0.544. The second kappa shape index (κ2) is 10.1. The summed E-state index contributed by atoms with van der Waals surface area (Å²) < 4.78 is 15.1. The summed E-state index contributed by atoms with van der Waals surface area (Å²) in [4.78, 5) is 29.2. The highest BCUT2D eigenvalue weighted by atomic mass is 19.1. The van der Waals surface area contributed by atoms with Gasteiger partial charge in [-0.25, -0.2) is 4.39 Å². The smallest absolute Gasteiger partial charge is 0.231 e. The standard InChI is InChI=1S/C29H33FN4O2/c1-33(2)9-10-34-26-8-6-19(13-23(26)16-28(34)36)20-3-4-21(25(30)15-20)11-18(17-31)12-27(35)29-22-5-7-24(14-22)32-29/h3-4,6,8,13,15,18,22,24,29,32H,5,7,9-12,14,16H2,1-2H3/t18-,22+,24-,29+/m1/s1. The van der Waals surface area contributed by atoms with Crippen LogP contribution in [0.4, 0.5) is 10.1 Å². The molecule has 0 spiro atoms. The van der Waals surface area contributed by atoms with E-state index >= 15 is 4.39 Å². The lowest BCUT2D eigenvalue weighted by Gasteiger charge is -2.22. The molecule has 1 saturated carbocycles. The zero-order chi connectivity index (χ0) is 25.4. The van der Waals surface area contributed by atoms with Gasteiger partial charge in [-0.15, -0.1) is 0 Å². The fourth-order valence-corrected chi connectivity index (χ4v) is 6.02. The van der Waals surface area contributed by atoms with Gasteiger partial charge in [0.25, 0.3) is 0 Å². The molecule has 0 radical (unpaired) electrons. The molecule has 1 saturated heterocycles. The number of halogens is 1. The number of rotatable bonds is 9. The first-order valence-electron chi connectivity index (χ1n) is 12.9. The van der Waals surface area contributed by atoms with Crippen LogP contribution in [0, 0.1) is 29.0 Å². The Morgan fingerprint density at radius 3 is 2.67 bits per heavy atom. The van der Waals surface area contributed by atoms with Gasteiger partial charge >= 0.3 is 0 Å². The number of nitrogens with zero attached hydrogens (tertiary/aromatic N) is 3. The fraction of sp³-hybridized carbons (Fsp3) is 0.483. The molecule has 1 amide bonds. The van der Waals surface area contributed by atoms with Gasteiger partial charge in [0, 0.05) is 31.2 Å². The summed E-state index contributed by atoms with van der Waals surface area (Å²) in [6.07, 6.45) is 3.98. The minimum Gasteiger partial charge on any atom is -0.311 e. The van der Waals surface area contributed by atoms with Gasteiger partial charge in [-0.2, -0.15) is 5.26 Å². The molecule has 1 N–H and O–H groups in total. The highest BCUT2D eigenvalue weighted by molar-refractivity contribution is 6.02. The lowest BCUT2D eigenvalue weighted by atomic mass is 9.88. The van der Waals surface area contributed by atoms with Gasteiger partial charge in [-0.3, -0.25) is 9.59 Å². The normalized spacial score (nSPS) is 23.2. The van der Waals surface area contributed by atoms with Crippen molar-refractivity contribution in [2.45, 2.75) is 50.6 Å². The molecule has 3 aliphatic rings. The van der Waals surface area contributed by atoms with Crippen molar-refractivity contribution in [1.82, 2.24) is 10.2 Å². The molecule has 6 nitrogen and oxygen atoms in total. The molecule has 0 unspecified atom stereocenters. The quantitative estimate of drug-likeness (QED) is 0.582. The molecule has 188 valence electrons. The van der Waals surface area contributed by atoms with E-state index in [9.17, 15) is 14.9 Å². The third-order valence-corrected chi connectivity index (χ3v) is 7.97. The second-order valence-electron chi connectivity index (χ2n) is 10.8. The van der Waals surface area contributed by atoms with E-state index in [0.717, 1.165) is 48.2 Å². The van der Waals surface area contributed by atoms with Crippen molar-refractivity contribution in [3.05, 3.63) is 53.3 Å². The van der Waals surface area contributed by atoms with E-state index in [0.29, 0.717) is 30.5 Å². The van der Waals surface area contributed by atoms with Crippen molar-refractivity contribution < 1.29 is 14.0 Å². The van der Waals surface area contributed by atoms with Gasteiger partial charge in [0.05, 0.1) is 24.4 Å². The van der Waals surface area contributed by atoms with Crippen molar-refractivity contribution >= 4 is 17.4 Å². The molecule has 2 aromatic rings. The number of likely N-dealkylation sites (N-methyl/N-ethyl adjacent to an activating group) is 1. The molecule has 4 atom stereocenters. The van der Waals surface area contributed by atoms with Crippen molar-refractivity contribution in [2.24, 2.45) is 11.8 Å². The number of carbonyl (C=O) groups is 2. The van der Waals surface area contributed by atoms with Crippen LogP contribution in [0.1, 0.15) is 36.8 Å². The fourth-order valence-electron chi connectivity index (χ4n) is 6.02. The Balaban J connectivity index is 1.26. The third-order valence-electron chi connectivity index (χ3n) is 7.97. The van der Waals surface area contributed by atoms with E-state index in [1.807, 2.05) is 48.2 Å². The first-order valence-corrected chi connectivity index (χ1v) is 12.9. The number of fused-ring (bicyclic) bond motifs is 3. The van der Waals surface area contributed by atoms with Crippen molar-refractivity contribution in [2.75, 3.05) is 32.1 Å². The number of piperidine rings is 1. The molecule has 5 rings (SSSR count). The van der Waals surface area contributed by atoms with Gasteiger partial charge in [0.2, 0.25) is 5.91 Å². The summed E-state index contributed by atoms with van der Waals surface area (Å²) in [6, 6.07) is 13.4. The average Bonchev–Trinajstić information content (AvgIpc) is 3.57. The Hall–Kier alpha value is -3.08. The van der Waals surface area contributed by atoms with Gasteiger partial charge in [0.1, 0.15) is 5.82 Å². The van der Waals surface area contributed by atoms with E-state index in [-0.39, 0.29) is 36.4 Å². The highest BCUT2D eigenvalue weighted by Gasteiger charge is 2.42. The predicted octanol–water partition coefficient (Wildman–Crippen LogP) is 3.73. The van der Waals surface area contributed by atoms with Crippen LogP contribution in [0.3, 0.4) is 0 Å². The Morgan fingerprint density at radius 2 is 2.00 bits per heavy atom. The Morgan fingerprint density at radius 1 is 1.22 bits per heavy atom. The van der Waals surface area contributed by atoms with E-state index in [4.69, 9.17) is 0 Å². The molecular weight excluding hydrogens is 455 g/mol. The van der Waals surface area contributed by atoms with Gasteiger partial charge in [-0.05, 0) is 86.1 Å². The number of anilines is 1. The monoisotopic (exact) mass is 488 g/mol. The number of carbonyl (C=O) groups excluding carboxylic acids is 2. The van der Waals surface area contributed by atoms with E-state index in [1.54, 1.807) is 6.07 Å². The second-order valence-corrected chi connectivity index (χ2v) is 10.8. The number of nitriles is 1. The number of benzene rings is 2. The number of ketones is 1. The zero-order valence-electron chi connectivity index (χ0n) is 21.0. The maximum atomic E-state index is 15.1. The minimum absolute atomic E-state index is 0.0816. The number of hydrogen-bond donors (Lipinski definition) is 1. The average molecular weight is 489 g/mol. The lowest BCUT2D eigenvalue weighted by Crippen LogP contribution is -2.42. The maximum Gasteiger partial charge on any atom is 0.231 e. The van der Waals surface area contributed by atoms with Crippen LogP contribution in [0.2, 0.25) is 0 Å². The largest absolute Gasteiger partial charge is 0.311 e. The SMILES string of the molecule is CN(C)CCN1C(=O)Cc2cc(-c3ccc(C[C@@H](C#N)CC(=O)[C@H]4N[C@@H]5CC[C@H]4C5)c(F)c3)ccc21. The van der Waals surface area contributed by atoms with Crippen LogP contribution in [-0.4, -0.2) is 55.9 Å². The van der Waals surface area contributed by atoms with Crippen LogP contribution >= 0.6 is 0 Å². The summed E-state index contributed by atoms with van der Waals surface area (Å²) in [5.74, 6) is -0.359. The Bertz CT molecular complexity index is 1220. The van der Waals surface area contributed by atoms with Crippen LogP contribution in [-0.2, 0) is 22.4 Å². The molecule has 2 aliphatic heterocycles. The number of hydrogen-bond acceptors (Lipinski definition) is 5. The summed E-state index contributed by atoms with van der Waals surface area (Å²) in [5.41, 5.74) is 3.92. The number of amides is 1. The molecule has 2 fully saturated rings. The van der Waals surface area contributed by atoms with Crippen molar-refractivity contribution in [3.63, 3.8) is 0 Å². The van der Waals surface area contributed by atoms with Gasteiger partial charge < -0.3 is 15.1 Å². The lowest BCUT2D eigenvalue weighted by molar-refractivity contribution is -0.122. The zero-order valence-corrected chi connectivity index (χ0v) is 21.0. The predicted molar refractivity (Wildman–Crippen MR) is 137 cm³/mol. The van der Waals surface area contributed by atoms with Crippen LogP contribution < -0.4 is 10.2 Å². The molecule has 2 bridgehead atoms. The number of nitrogens with one attached hydrogen (secondary N) is 1. The molecule has 2 heterocycles. The molecule has 36 heavy (non-hydrogen) atoms. The van der Waals surface area contributed by atoms with Crippen molar-refractivity contribution in [3.8, 4) is 17.2 Å². The molecule has 2 aromatic carbocycles. The maximum absolute atomic E-state index is 15.1. The Kier molecular flexibility index (Phi) is 6.92. The van der Waals surface area contributed by atoms with E-state index in [1.165, 1.54) is 6.07 Å². The van der Waals surface area contributed by atoms with E-state index < -0.39 is 5.92 Å². The first kappa shape index (κ1) is 24.6. The van der Waals surface area contributed by atoms with Crippen LogP contribution in [0.5, 0.6) is 0 Å². The van der Waals surface area contributed by atoms with Crippen molar-refractivity contribution in [1.29, 1.82) is 5.26 Å². The third kappa shape index (κ3) is 4.93. The van der Waals surface area contributed by atoms with Gasteiger partial charge in [0.15, 0.2) is 5.78 Å². The molecule has 7 heteroatoms. The summed E-state index contributed by atoms with van der Waals surface area (Å²) in [6.45, 7) is 1.43. The Labute approximate surface area is 212 Å². The summed E-state index contributed by atoms with van der Waals surface area (Å²) in [7, 11) is 3.96. The van der Waals surface area contributed by atoms with E-state index in [2.05, 4.69) is 11.4 Å². The topological polar surface area (TPSA) is 76.4 Å². The van der Waals surface area contributed by atoms with Crippen LogP contribution in [0.25, 0.3) is 11.1 Å². The highest BCUT2D eigenvalue weighted by Crippen LogP contribution is 2.37. The first-order chi connectivity index (χ1) is 17.3.